The summed E-state index contributed by atoms with van der Waals surface area (Å²) in [6.45, 7) is 2.73. The number of Topliss-reactive ketones (excluding diaryl/α,β-unsaturated/α-hetero) is 1. The van der Waals surface area contributed by atoms with Crippen LogP contribution in [-0.4, -0.2) is 39.0 Å². The summed E-state index contributed by atoms with van der Waals surface area (Å²) in [4.78, 5) is 16.5. The zero-order valence-electron chi connectivity index (χ0n) is 15.9. The van der Waals surface area contributed by atoms with Crippen LogP contribution in [0.4, 0.5) is 5.82 Å². The third kappa shape index (κ3) is 3.72. The molecule has 27 heavy (non-hydrogen) atoms. The van der Waals surface area contributed by atoms with E-state index in [1.165, 1.54) is 0 Å². The van der Waals surface area contributed by atoms with Crippen molar-refractivity contribution in [1.82, 2.24) is 19.6 Å². The standard InChI is InChI=1S/C20H25N5O2/c1-13-23-24-20-19(21-11-5-3-4-6-18(26)14-7-8-14)22-16-12-15(27-2)9-10-17(16)25(13)20/h9-10,12,14H,3-8,11H2,1-2H3,(H,21,22). The number of carbonyl (C=O) groups excluding carboxylic acids is 1. The zero-order chi connectivity index (χ0) is 18.8. The highest BCUT2D eigenvalue weighted by Gasteiger charge is 2.28. The number of unbranched alkanes of at least 4 members (excludes halogenated alkanes) is 2. The van der Waals surface area contributed by atoms with Crippen molar-refractivity contribution in [3.05, 3.63) is 24.0 Å². The summed E-state index contributed by atoms with van der Waals surface area (Å²) >= 11 is 0. The van der Waals surface area contributed by atoms with Crippen molar-refractivity contribution in [3.8, 4) is 5.75 Å². The Hall–Kier alpha value is -2.70. The molecule has 0 amide bonds. The lowest BCUT2D eigenvalue weighted by atomic mass is 10.1. The Morgan fingerprint density at radius 1 is 1.26 bits per heavy atom. The van der Waals surface area contributed by atoms with Crippen LogP contribution in [0.5, 0.6) is 5.75 Å². The number of methoxy groups -OCH3 is 1. The smallest absolute Gasteiger partial charge is 0.204 e. The van der Waals surface area contributed by atoms with E-state index in [4.69, 9.17) is 9.72 Å². The maximum absolute atomic E-state index is 11.7. The molecule has 2 aromatic heterocycles. The Bertz CT molecular complexity index is 977. The van der Waals surface area contributed by atoms with Crippen molar-refractivity contribution in [2.45, 2.75) is 45.4 Å². The molecule has 1 aliphatic carbocycles. The third-order valence-electron chi connectivity index (χ3n) is 5.12. The lowest BCUT2D eigenvalue weighted by molar-refractivity contribution is -0.120. The van der Waals surface area contributed by atoms with Crippen LogP contribution in [-0.2, 0) is 4.79 Å². The van der Waals surface area contributed by atoms with Crippen molar-refractivity contribution in [2.24, 2.45) is 5.92 Å². The molecular formula is C20H25N5O2. The molecule has 3 aromatic rings. The second-order valence-electron chi connectivity index (χ2n) is 7.20. The van der Waals surface area contributed by atoms with Gasteiger partial charge < -0.3 is 10.1 Å². The summed E-state index contributed by atoms with van der Waals surface area (Å²) in [5.41, 5.74) is 2.52. The number of anilines is 1. The predicted molar refractivity (Wildman–Crippen MR) is 104 cm³/mol. The summed E-state index contributed by atoms with van der Waals surface area (Å²) in [5, 5.41) is 11.9. The number of ketones is 1. The summed E-state index contributed by atoms with van der Waals surface area (Å²) in [5.74, 6) is 3.15. The molecular weight excluding hydrogens is 342 g/mol. The normalized spacial score (nSPS) is 14.0. The van der Waals surface area contributed by atoms with Gasteiger partial charge in [0.15, 0.2) is 5.82 Å². The Labute approximate surface area is 158 Å². The minimum atomic E-state index is 0.381. The summed E-state index contributed by atoms with van der Waals surface area (Å²) < 4.78 is 7.34. The largest absolute Gasteiger partial charge is 0.497 e. The lowest BCUT2D eigenvalue weighted by Gasteiger charge is -2.10. The maximum Gasteiger partial charge on any atom is 0.204 e. The number of hydrogen-bond acceptors (Lipinski definition) is 6. The molecule has 1 aromatic carbocycles. The molecule has 0 bridgehead atoms. The van der Waals surface area contributed by atoms with Gasteiger partial charge in [0.1, 0.15) is 17.4 Å². The fourth-order valence-corrected chi connectivity index (χ4v) is 3.42. The fourth-order valence-electron chi connectivity index (χ4n) is 3.42. The molecule has 1 fully saturated rings. The summed E-state index contributed by atoms with van der Waals surface area (Å²) in [6, 6.07) is 5.81. The van der Waals surface area contributed by atoms with Crippen molar-refractivity contribution in [2.75, 3.05) is 19.0 Å². The second kappa shape index (κ2) is 7.50. The summed E-state index contributed by atoms with van der Waals surface area (Å²) in [7, 11) is 1.65. The van der Waals surface area contributed by atoms with Gasteiger partial charge in [0.05, 0.1) is 18.1 Å². The molecule has 0 unspecified atom stereocenters. The first-order valence-corrected chi connectivity index (χ1v) is 9.63. The van der Waals surface area contributed by atoms with Crippen LogP contribution in [0.1, 0.15) is 44.3 Å². The van der Waals surface area contributed by atoms with Gasteiger partial charge in [-0.3, -0.25) is 9.20 Å². The van der Waals surface area contributed by atoms with E-state index >= 15 is 0 Å². The molecule has 142 valence electrons. The number of nitrogens with one attached hydrogen (secondary N) is 1. The third-order valence-corrected chi connectivity index (χ3v) is 5.12. The van der Waals surface area contributed by atoms with Crippen LogP contribution in [0.25, 0.3) is 16.7 Å². The minimum Gasteiger partial charge on any atom is -0.497 e. The van der Waals surface area contributed by atoms with Gasteiger partial charge in [-0.15, -0.1) is 10.2 Å². The number of carbonyl (C=O) groups is 1. The summed E-state index contributed by atoms with van der Waals surface area (Å²) in [6.07, 6.45) is 5.94. The van der Waals surface area contributed by atoms with E-state index in [0.29, 0.717) is 11.7 Å². The van der Waals surface area contributed by atoms with E-state index in [2.05, 4.69) is 15.5 Å². The van der Waals surface area contributed by atoms with E-state index in [1.54, 1.807) is 7.11 Å². The second-order valence-corrected chi connectivity index (χ2v) is 7.20. The van der Waals surface area contributed by atoms with Gasteiger partial charge in [-0.25, -0.2) is 4.98 Å². The number of aromatic nitrogens is 4. The minimum absolute atomic E-state index is 0.381. The quantitative estimate of drug-likeness (QED) is 0.583. The molecule has 0 saturated heterocycles. The molecule has 7 nitrogen and oxygen atoms in total. The van der Waals surface area contributed by atoms with Gasteiger partial charge in [0.2, 0.25) is 5.65 Å². The Balaban J connectivity index is 1.44. The highest BCUT2D eigenvalue weighted by Crippen LogP contribution is 2.31. The van der Waals surface area contributed by atoms with Gasteiger partial charge in [-0.05, 0) is 44.7 Å². The van der Waals surface area contributed by atoms with Crippen LogP contribution in [0, 0.1) is 12.8 Å². The van der Waals surface area contributed by atoms with Crippen molar-refractivity contribution >= 4 is 28.3 Å². The highest BCUT2D eigenvalue weighted by molar-refractivity contribution is 5.84. The first-order chi connectivity index (χ1) is 13.2. The van der Waals surface area contributed by atoms with Crippen LogP contribution >= 0.6 is 0 Å². The lowest BCUT2D eigenvalue weighted by Crippen LogP contribution is -2.07. The predicted octanol–water partition coefficient (Wildman–Crippen LogP) is 3.55. The van der Waals surface area contributed by atoms with Crippen LogP contribution in [0.3, 0.4) is 0 Å². The van der Waals surface area contributed by atoms with Gasteiger partial charge >= 0.3 is 0 Å². The molecule has 2 heterocycles. The topological polar surface area (TPSA) is 81.4 Å². The Morgan fingerprint density at radius 2 is 2.11 bits per heavy atom. The van der Waals surface area contributed by atoms with Gasteiger partial charge in [0, 0.05) is 24.9 Å². The van der Waals surface area contributed by atoms with Crippen molar-refractivity contribution in [1.29, 1.82) is 0 Å². The number of benzene rings is 1. The average Bonchev–Trinajstić information content (AvgIpc) is 3.46. The average molecular weight is 367 g/mol. The maximum atomic E-state index is 11.7. The van der Waals surface area contributed by atoms with Crippen LogP contribution in [0.2, 0.25) is 0 Å². The monoisotopic (exact) mass is 367 g/mol. The first kappa shape index (κ1) is 17.7. The molecule has 7 heteroatoms. The van der Waals surface area contributed by atoms with E-state index in [-0.39, 0.29) is 0 Å². The van der Waals surface area contributed by atoms with Crippen LogP contribution < -0.4 is 10.1 Å². The molecule has 0 spiro atoms. The molecule has 0 radical (unpaired) electrons. The van der Waals surface area contributed by atoms with E-state index in [9.17, 15) is 4.79 Å². The number of nitrogens with zero attached hydrogens (tertiary/aromatic N) is 4. The van der Waals surface area contributed by atoms with Gasteiger partial charge in [-0.2, -0.15) is 0 Å². The SMILES string of the molecule is COc1ccc2c(c1)nc(NCCCCCC(=O)C1CC1)c1nnc(C)n12. The molecule has 1 N–H and O–H groups in total. The number of aryl methyl sites for hydroxylation is 1. The number of rotatable bonds is 9. The Morgan fingerprint density at radius 3 is 2.89 bits per heavy atom. The van der Waals surface area contributed by atoms with E-state index in [0.717, 1.165) is 79.1 Å². The molecule has 1 aliphatic rings. The molecule has 0 aliphatic heterocycles. The van der Waals surface area contributed by atoms with Gasteiger partial charge in [0.25, 0.3) is 0 Å². The number of fused-ring (bicyclic) bond motifs is 3. The van der Waals surface area contributed by atoms with E-state index in [1.807, 2.05) is 29.5 Å². The Kier molecular flexibility index (Phi) is 4.92. The van der Waals surface area contributed by atoms with E-state index < -0.39 is 0 Å². The molecule has 4 rings (SSSR count). The highest BCUT2D eigenvalue weighted by atomic mass is 16.5. The molecule has 0 atom stereocenters. The first-order valence-electron chi connectivity index (χ1n) is 9.63. The molecule has 1 saturated carbocycles. The van der Waals surface area contributed by atoms with Gasteiger partial charge in [-0.1, -0.05) is 6.42 Å². The van der Waals surface area contributed by atoms with Crippen LogP contribution in [0.15, 0.2) is 18.2 Å². The van der Waals surface area contributed by atoms with Crippen molar-refractivity contribution < 1.29 is 9.53 Å². The number of ether oxygens (including phenoxy) is 1. The van der Waals surface area contributed by atoms with Crippen molar-refractivity contribution in [3.63, 3.8) is 0 Å². The number of hydrogen-bond donors (Lipinski definition) is 1. The fraction of sp³-hybridized carbons (Fsp3) is 0.500. The zero-order valence-corrected chi connectivity index (χ0v) is 15.9.